The van der Waals surface area contributed by atoms with Crippen molar-refractivity contribution in [2.75, 3.05) is 33.4 Å². The van der Waals surface area contributed by atoms with Crippen LogP contribution in [0.3, 0.4) is 0 Å². The average molecular weight is 606 g/mol. The summed E-state index contributed by atoms with van der Waals surface area (Å²) in [6.07, 6.45) is -5.19. The van der Waals surface area contributed by atoms with Crippen LogP contribution in [0.25, 0.3) is 0 Å². The van der Waals surface area contributed by atoms with Crippen LogP contribution in [0, 0.1) is 0 Å². The molecule has 12 atom stereocenters. The van der Waals surface area contributed by atoms with Gasteiger partial charge in [0.15, 0.2) is 12.6 Å². The second kappa shape index (κ2) is 13.9. The number of rotatable bonds is 11. The number of nitrogens with two attached hydrogens (primary N) is 4. The number of aliphatic hydroxyl groups excluding tert-OH is 3. The topological polar surface area (TPSA) is 279 Å². The van der Waals surface area contributed by atoms with Gasteiger partial charge in [-0.3, -0.25) is 4.99 Å². The molecule has 0 spiro atoms. The van der Waals surface area contributed by atoms with Crippen LogP contribution in [0.4, 0.5) is 0 Å². The SMILES string of the molecule is CNC1C(O)C(OC2C(N=C(N)C3(O)CC(N)C3)CC(N)C(OC3OC(CNCCO)CCC3N)C2O)OCC1(C)O. The molecule has 0 aromatic rings. The molecular weight excluding hydrogens is 554 g/mol. The van der Waals surface area contributed by atoms with Gasteiger partial charge in [0, 0.05) is 25.2 Å². The fourth-order valence-electron chi connectivity index (χ4n) is 6.38. The van der Waals surface area contributed by atoms with Gasteiger partial charge in [-0.25, -0.2) is 0 Å². The molecule has 4 aliphatic rings. The maximum Gasteiger partial charge on any atom is 0.185 e. The Hall–Kier alpha value is -1.09. The zero-order chi connectivity index (χ0) is 30.8. The molecular formula is C26H51N7O9. The van der Waals surface area contributed by atoms with E-state index in [2.05, 4.69) is 15.6 Å². The summed E-state index contributed by atoms with van der Waals surface area (Å²) >= 11 is 0. The molecule has 2 aliphatic carbocycles. The number of aliphatic imine (C=N–C) groups is 1. The van der Waals surface area contributed by atoms with Crippen molar-refractivity contribution in [3.05, 3.63) is 0 Å². The zero-order valence-electron chi connectivity index (χ0n) is 24.4. The Bertz CT molecular complexity index is 911. The summed E-state index contributed by atoms with van der Waals surface area (Å²) in [4.78, 5) is 4.54. The largest absolute Gasteiger partial charge is 0.395 e. The molecule has 244 valence electrons. The molecule has 4 rings (SSSR count). The molecule has 0 amide bonds. The molecule has 0 aromatic carbocycles. The van der Waals surface area contributed by atoms with Crippen LogP contribution < -0.4 is 33.6 Å². The van der Waals surface area contributed by atoms with Gasteiger partial charge in [-0.2, -0.15) is 0 Å². The second-order valence-corrected chi connectivity index (χ2v) is 12.5. The lowest BCUT2D eigenvalue weighted by atomic mass is 9.75. The summed E-state index contributed by atoms with van der Waals surface area (Å²) in [7, 11) is 1.60. The molecule has 2 saturated carbocycles. The number of nitrogens with one attached hydrogen (secondary N) is 2. The smallest absolute Gasteiger partial charge is 0.185 e. The molecule has 16 heteroatoms. The number of likely N-dealkylation sites (N-methyl/N-ethyl adjacent to an activating group) is 1. The number of hydrogen-bond acceptors (Lipinski definition) is 15. The monoisotopic (exact) mass is 605 g/mol. The average Bonchev–Trinajstić information content (AvgIpc) is 2.90. The third-order valence-electron chi connectivity index (χ3n) is 8.85. The van der Waals surface area contributed by atoms with Gasteiger partial charge >= 0.3 is 0 Å². The van der Waals surface area contributed by atoms with E-state index in [0.717, 1.165) is 0 Å². The lowest BCUT2D eigenvalue weighted by Gasteiger charge is -2.48. The van der Waals surface area contributed by atoms with Crippen molar-refractivity contribution < 1.29 is 44.5 Å². The van der Waals surface area contributed by atoms with E-state index in [4.69, 9.17) is 47.0 Å². The fourth-order valence-corrected chi connectivity index (χ4v) is 6.38. The number of nitrogens with zero attached hydrogens (tertiary/aromatic N) is 1. The quantitative estimate of drug-likeness (QED) is 0.0597. The number of ether oxygens (including phenoxy) is 4. The fraction of sp³-hybridized carbons (Fsp3) is 0.962. The van der Waals surface area contributed by atoms with Gasteiger partial charge in [-0.15, -0.1) is 0 Å². The van der Waals surface area contributed by atoms with Gasteiger partial charge in [0.1, 0.15) is 41.5 Å². The van der Waals surface area contributed by atoms with Gasteiger partial charge in [-0.1, -0.05) is 0 Å². The predicted molar refractivity (Wildman–Crippen MR) is 151 cm³/mol. The second-order valence-electron chi connectivity index (χ2n) is 12.5. The third-order valence-corrected chi connectivity index (χ3v) is 8.85. The highest BCUT2D eigenvalue weighted by atomic mass is 16.7. The summed E-state index contributed by atoms with van der Waals surface area (Å²) < 4.78 is 24.2. The highest BCUT2D eigenvalue weighted by Gasteiger charge is 2.52. The molecule has 2 aliphatic heterocycles. The standard InChI is InChI=1S/C26H51N7O9/c1-25(37)11-39-23(18(36)21(25)31-2)42-20-16(33-24(30)26(38)8-12(27)9-26)7-15(29)19(17(20)35)41-22-14(28)4-3-13(40-22)10-32-5-6-34/h12-23,31-32,34-38H,3-11,27-29H2,1-2H3,(H2,30,33). The van der Waals surface area contributed by atoms with Gasteiger partial charge in [-0.05, 0) is 46.1 Å². The highest BCUT2D eigenvalue weighted by Crippen LogP contribution is 2.35. The Morgan fingerprint density at radius 1 is 1.02 bits per heavy atom. The molecule has 0 bridgehead atoms. The lowest BCUT2D eigenvalue weighted by Crippen LogP contribution is -2.68. The van der Waals surface area contributed by atoms with Gasteiger partial charge in [0.25, 0.3) is 0 Å². The summed E-state index contributed by atoms with van der Waals surface area (Å²) in [6, 6.07) is -3.04. The predicted octanol–water partition coefficient (Wildman–Crippen LogP) is -5.10. The number of aliphatic hydroxyl groups is 5. The van der Waals surface area contributed by atoms with E-state index in [9.17, 15) is 20.4 Å². The molecule has 2 heterocycles. The van der Waals surface area contributed by atoms with Crippen LogP contribution in [0.1, 0.15) is 39.0 Å². The first-order valence-corrected chi connectivity index (χ1v) is 14.8. The van der Waals surface area contributed by atoms with Crippen molar-refractivity contribution in [3.63, 3.8) is 0 Å². The minimum absolute atomic E-state index is 0.00105. The van der Waals surface area contributed by atoms with Crippen molar-refractivity contribution in [2.45, 2.75) is 124 Å². The van der Waals surface area contributed by atoms with E-state index in [1.165, 1.54) is 6.92 Å². The van der Waals surface area contributed by atoms with Gasteiger partial charge in [0.05, 0.1) is 37.4 Å². The first-order valence-electron chi connectivity index (χ1n) is 14.8. The van der Waals surface area contributed by atoms with E-state index in [0.29, 0.717) is 25.9 Å². The van der Waals surface area contributed by atoms with Gasteiger partial charge < -0.3 is 78.0 Å². The normalized spacial score (nSPS) is 48.6. The van der Waals surface area contributed by atoms with E-state index < -0.39 is 72.4 Å². The number of hydrogen-bond donors (Lipinski definition) is 11. The minimum atomic E-state index is -1.39. The van der Waals surface area contributed by atoms with Crippen LogP contribution in [-0.2, 0) is 18.9 Å². The summed E-state index contributed by atoms with van der Waals surface area (Å²) in [5, 5.41) is 59.2. The molecule has 15 N–H and O–H groups in total. The molecule has 12 unspecified atom stereocenters. The highest BCUT2D eigenvalue weighted by molar-refractivity contribution is 5.90. The van der Waals surface area contributed by atoms with Crippen LogP contribution in [0.5, 0.6) is 0 Å². The Labute approximate surface area is 246 Å². The van der Waals surface area contributed by atoms with Gasteiger partial charge in [0.2, 0.25) is 0 Å². The van der Waals surface area contributed by atoms with E-state index in [1.807, 2.05) is 0 Å². The van der Waals surface area contributed by atoms with Crippen molar-refractivity contribution >= 4 is 5.84 Å². The summed E-state index contributed by atoms with van der Waals surface area (Å²) in [6.45, 7) is 2.30. The first-order chi connectivity index (χ1) is 19.8. The Kier molecular flexibility index (Phi) is 11.2. The first kappa shape index (κ1) is 33.8. The van der Waals surface area contributed by atoms with Crippen LogP contribution in [0.2, 0.25) is 0 Å². The third kappa shape index (κ3) is 7.40. The molecule has 42 heavy (non-hydrogen) atoms. The maximum atomic E-state index is 11.6. The molecule has 4 fully saturated rings. The minimum Gasteiger partial charge on any atom is -0.395 e. The van der Waals surface area contributed by atoms with Crippen LogP contribution >= 0.6 is 0 Å². The Morgan fingerprint density at radius 3 is 2.36 bits per heavy atom. The van der Waals surface area contributed by atoms with Crippen LogP contribution in [0.15, 0.2) is 4.99 Å². The Morgan fingerprint density at radius 2 is 1.71 bits per heavy atom. The molecule has 16 nitrogen and oxygen atoms in total. The Balaban J connectivity index is 1.54. The van der Waals surface area contributed by atoms with Crippen molar-refractivity contribution in [2.24, 2.45) is 27.9 Å². The lowest BCUT2D eigenvalue weighted by molar-refractivity contribution is -0.306. The number of amidine groups is 1. The maximum absolute atomic E-state index is 11.6. The molecule has 0 aromatic heterocycles. The van der Waals surface area contributed by atoms with E-state index in [1.54, 1.807) is 7.05 Å². The zero-order valence-corrected chi connectivity index (χ0v) is 24.4. The summed E-state index contributed by atoms with van der Waals surface area (Å²) in [5.41, 5.74) is 22.2. The summed E-state index contributed by atoms with van der Waals surface area (Å²) in [5.74, 6) is -0.0430. The molecule has 0 radical (unpaired) electrons. The van der Waals surface area contributed by atoms with Crippen molar-refractivity contribution in [3.8, 4) is 0 Å². The van der Waals surface area contributed by atoms with Crippen LogP contribution in [-0.4, -0.2) is 149 Å². The van der Waals surface area contributed by atoms with E-state index in [-0.39, 0.29) is 50.5 Å². The van der Waals surface area contributed by atoms with E-state index >= 15 is 0 Å². The van der Waals surface area contributed by atoms with Crippen molar-refractivity contribution in [1.29, 1.82) is 0 Å². The molecule has 2 saturated heterocycles. The van der Waals surface area contributed by atoms with Crippen molar-refractivity contribution in [1.82, 2.24) is 10.6 Å².